The van der Waals surface area contributed by atoms with Gasteiger partial charge in [0.1, 0.15) is 34.6 Å². The van der Waals surface area contributed by atoms with E-state index in [-0.39, 0.29) is 23.7 Å². The Kier molecular flexibility index (Phi) is 6.89. The van der Waals surface area contributed by atoms with Crippen molar-refractivity contribution in [1.29, 1.82) is 5.26 Å². The maximum Gasteiger partial charge on any atom is 0.349 e. The fraction of sp³-hybridized carbons (Fsp3) is 0.241. The van der Waals surface area contributed by atoms with Crippen molar-refractivity contribution in [3.8, 4) is 29.1 Å². The van der Waals surface area contributed by atoms with Gasteiger partial charge in [0.25, 0.3) is 0 Å². The number of hydrogen-bond acceptors (Lipinski definition) is 7. The lowest BCUT2D eigenvalue weighted by Gasteiger charge is -2.27. The van der Waals surface area contributed by atoms with Crippen LogP contribution in [-0.2, 0) is 10.2 Å². The van der Waals surface area contributed by atoms with Crippen molar-refractivity contribution in [3.63, 3.8) is 0 Å². The molecule has 1 unspecified atom stereocenters. The van der Waals surface area contributed by atoms with Crippen LogP contribution in [-0.4, -0.2) is 19.7 Å². The van der Waals surface area contributed by atoms with Gasteiger partial charge in [-0.15, -0.1) is 0 Å². The second-order valence-electron chi connectivity index (χ2n) is 9.43. The van der Waals surface area contributed by atoms with Gasteiger partial charge in [-0.3, -0.25) is 0 Å². The predicted molar refractivity (Wildman–Crippen MR) is 135 cm³/mol. The van der Waals surface area contributed by atoms with Gasteiger partial charge >= 0.3 is 5.97 Å². The number of esters is 1. The van der Waals surface area contributed by atoms with Gasteiger partial charge in [0.15, 0.2) is 6.61 Å². The molecule has 0 saturated heterocycles. The van der Waals surface area contributed by atoms with Crippen LogP contribution in [0.4, 0.5) is 0 Å². The van der Waals surface area contributed by atoms with Crippen LogP contribution in [0.25, 0.3) is 0 Å². The average Bonchev–Trinajstić information content (AvgIpc) is 2.86. The predicted octanol–water partition coefficient (Wildman–Crippen LogP) is 5.20. The summed E-state index contributed by atoms with van der Waals surface area (Å²) in [5, 5.41) is 9.80. The Hall–Kier alpha value is -4.44. The monoisotopic (exact) mass is 484 g/mol. The van der Waals surface area contributed by atoms with Crippen molar-refractivity contribution >= 4 is 5.97 Å². The van der Waals surface area contributed by atoms with Crippen molar-refractivity contribution in [2.75, 3.05) is 13.7 Å². The Morgan fingerprint density at radius 3 is 2.25 bits per heavy atom. The maximum absolute atomic E-state index is 12.3. The van der Waals surface area contributed by atoms with E-state index in [1.165, 1.54) is 5.56 Å². The summed E-state index contributed by atoms with van der Waals surface area (Å²) in [6.45, 7) is 6.17. The minimum absolute atomic E-state index is 0.00884. The van der Waals surface area contributed by atoms with Gasteiger partial charge in [0.2, 0.25) is 5.88 Å². The molecule has 36 heavy (non-hydrogen) atoms. The lowest BCUT2D eigenvalue weighted by molar-refractivity contribution is -0.136. The zero-order valence-electron chi connectivity index (χ0n) is 20.7. The summed E-state index contributed by atoms with van der Waals surface area (Å²) in [6.07, 6.45) is 0. The standard InChI is InChI=1S/C29H28N2O5/c1-29(2,3)19-7-5-18(6-8-19)27-23-14-13-22(15-25(23)36-28(31)24(27)16-30)35-26(32)17-34-21-11-9-20(33-4)10-12-21/h5-15,27H,17,31H2,1-4H3. The van der Waals surface area contributed by atoms with Crippen LogP contribution in [0.5, 0.6) is 23.0 Å². The van der Waals surface area contributed by atoms with Crippen LogP contribution < -0.4 is 24.7 Å². The smallest absolute Gasteiger partial charge is 0.349 e. The highest BCUT2D eigenvalue weighted by Crippen LogP contribution is 2.43. The molecule has 0 amide bonds. The summed E-state index contributed by atoms with van der Waals surface area (Å²) in [4.78, 5) is 12.3. The summed E-state index contributed by atoms with van der Waals surface area (Å²) in [7, 11) is 1.57. The van der Waals surface area contributed by atoms with Crippen LogP contribution in [0.1, 0.15) is 43.4 Å². The van der Waals surface area contributed by atoms with E-state index >= 15 is 0 Å². The molecule has 0 bridgehead atoms. The zero-order chi connectivity index (χ0) is 25.9. The summed E-state index contributed by atoms with van der Waals surface area (Å²) < 4.78 is 21.8. The molecule has 4 rings (SSSR count). The maximum atomic E-state index is 12.3. The van der Waals surface area contributed by atoms with Crippen molar-refractivity contribution < 1.29 is 23.7 Å². The summed E-state index contributed by atoms with van der Waals surface area (Å²) in [6, 6.07) is 22.3. The number of nitrogens with zero attached hydrogens (tertiary/aromatic N) is 1. The van der Waals surface area contributed by atoms with E-state index in [1.54, 1.807) is 49.6 Å². The number of nitrogens with two attached hydrogens (primary N) is 1. The number of nitriles is 1. The quantitative estimate of drug-likeness (QED) is 0.379. The summed E-state index contributed by atoms with van der Waals surface area (Å²) in [5.41, 5.74) is 9.33. The normalized spacial score (nSPS) is 14.8. The fourth-order valence-corrected chi connectivity index (χ4v) is 3.99. The van der Waals surface area contributed by atoms with E-state index in [4.69, 9.17) is 24.7 Å². The number of fused-ring (bicyclic) bond motifs is 1. The van der Waals surface area contributed by atoms with Crippen LogP contribution >= 0.6 is 0 Å². The third-order valence-electron chi connectivity index (χ3n) is 5.95. The lowest BCUT2D eigenvalue weighted by Crippen LogP contribution is -2.22. The zero-order valence-corrected chi connectivity index (χ0v) is 20.7. The van der Waals surface area contributed by atoms with Crippen molar-refractivity contribution in [2.45, 2.75) is 32.1 Å². The van der Waals surface area contributed by atoms with Crippen LogP contribution in [0.2, 0.25) is 0 Å². The molecular weight excluding hydrogens is 456 g/mol. The number of carbonyl (C=O) groups excluding carboxylic acids is 1. The number of carbonyl (C=O) groups is 1. The average molecular weight is 485 g/mol. The van der Waals surface area contributed by atoms with Crippen molar-refractivity contribution in [3.05, 3.63) is 94.9 Å². The van der Waals surface area contributed by atoms with Gasteiger partial charge in [-0.25, -0.2) is 4.79 Å². The number of hydrogen-bond donors (Lipinski definition) is 1. The van der Waals surface area contributed by atoms with E-state index in [0.29, 0.717) is 22.8 Å². The highest BCUT2D eigenvalue weighted by molar-refractivity contribution is 5.74. The molecule has 0 spiro atoms. The lowest BCUT2D eigenvalue weighted by atomic mass is 9.81. The Morgan fingerprint density at radius 2 is 1.64 bits per heavy atom. The van der Waals surface area contributed by atoms with Gasteiger partial charge < -0.3 is 24.7 Å². The van der Waals surface area contributed by atoms with E-state index in [0.717, 1.165) is 11.1 Å². The number of ether oxygens (including phenoxy) is 4. The van der Waals surface area contributed by atoms with Crippen LogP contribution in [0.3, 0.4) is 0 Å². The minimum Gasteiger partial charge on any atom is -0.497 e. The molecule has 1 aliphatic heterocycles. The molecule has 0 aromatic heterocycles. The van der Waals surface area contributed by atoms with Crippen molar-refractivity contribution in [2.24, 2.45) is 5.73 Å². The SMILES string of the molecule is COc1ccc(OCC(=O)Oc2ccc3c(c2)OC(N)=C(C#N)C3c2ccc(C(C)(C)C)cc2)cc1. The number of allylic oxidation sites excluding steroid dienone is 1. The van der Waals surface area contributed by atoms with Gasteiger partial charge in [0, 0.05) is 11.6 Å². The van der Waals surface area contributed by atoms with Crippen LogP contribution in [0.15, 0.2) is 78.2 Å². The molecule has 1 aliphatic rings. The van der Waals surface area contributed by atoms with Crippen LogP contribution in [0, 0.1) is 11.3 Å². The second-order valence-corrected chi connectivity index (χ2v) is 9.43. The highest BCUT2D eigenvalue weighted by atomic mass is 16.6. The Labute approximate surface area is 210 Å². The van der Waals surface area contributed by atoms with Gasteiger partial charge in [-0.05, 0) is 46.9 Å². The summed E-state index contributed by atoms with van der Waals surface area (Å²) in [5.74, 6) is 0.984. The largest absolute Gasteiger partial charge is 0.497 e. The fourth-order valence-electron chi connectivity index (χ4n) is 3.99. The molecule has 3 aromatic carbocycles. The first kappa shape index (κ1) is 24.7. The molecule has 0 radical (unpaired) electrons. The van der Waals surface area contributed by atoms with Crippen molar-refractivity contribution in [1.82, 2.24) is 0 Å². The third kappa shape index (κ3) is 5.28. The Balaban J connectivity index is 1.53. The van der Waals surface area contributed by atoms with E-state index in [9.17, 15) is 10.1 Å². The van der Waals surface area contributed by atoms with Gasteiger partial charge in [0.05, 0.1) is 13.0 Å². The Bertz CT molecular complexity index is 1330. The molecule has 184 valence electrons. The minimum atomic E-state index is -0.572. The molecule has 2 N–H and O–H groups in total. The molecule has 0 saturated carbocycles. The molecule has 1 heterocycles. The number of methoxy groups -OCH3 is 1. The first-order valence-corrected chi connectivity index (χ1v) is 11.5. The van der Waals surface area contributed by atoms with E-state index in [1.807, 2.05) is 12.1 Å². The van der Waals surface area contributed by atoms with E-state index < -0.39 is 11.9 Å². The molecule has 7 heteroatoms. The highest BCUT2D eigenvalue weighted by Gasteiger charge is 2.31. The van der Waals surface area contributed by atoms with Gasteiger partial charge in [-0.2, -0.15) is 5.26 Å². The number of rotatable bonds is 6. The molecule has 0 aliphatic carbocycles. The third-order valence-corrected chi connectivity index (χ3v) is 5.95. The Morgan fingerprint density at radius 1 is 1.00 bits per heavy atom. The number of benzene rings is 3. The first-order chi connectivity index (χ1) is 17.2. The topological polar surface area (TPSA) is 104 Å². The molecule has 0 fully saturated rings. The van der Waals surface area contributed by atoms with E-state index in [2.05, 4.69) is 39.0 Å². The van der Waals surface area contributed by atoms with Gasteiger partial charge in [-0.1, -0.05) is 51.1 Å². The molecule has 3 aromatic rings. The molecular formula is C29H28N2O5. The molecule has 1 atom stereocenters. The molecule has 7 nitrogen and oxygen atoms in total. The summed E-state index contributed by atoms with van der Waals surface area (Å²) >= 11 is 0. The first-order valence-electron chi connectivity index (χ1n) is 11.5. The second kappa shape index (κ2) is 10.0.